The van der Waals surface area contributed by atoms with Crippen LogP contribution < -0.4 is 11.1 Å². The van der Waals surface area contributed by atoms with Crippen LogP contribution in [-0.4, -0.2) is 22.1 Å². The van der Waals surface area contributed by atoms with Gasteiger partial charge in [-0.05, 0) is 30.4 Å². The summed E-state index contributed by atoms with van der Waals surface area (Å²) < 4.78 is 0. The molecule has 1 heterocycles. The Morgan fingerprint density at radius 3 is 2.76 bits per heavy atom. The molecule has 0 spiro atoms. The third kappa shape index (κ3) is 2.54. The first-order valence-corrected chi connectivity index (χ1v) is 5.89. The van der Waals surface area contributed by atoms with Crippen molar-refractivity contribution in [2.75, 3.05) is 5.73 Å². The number of rotatable bonds is 2. The molecule has 0 radical (unpaired) electrons. The molecule has 0 saturated heterocycles. The van der Waals surface area contributed by atoms with Crippen LogP contribution in [-0.2, 0) is 0 Å². The maximum absolute atomic E-state index is 11.9. The Hall–Kier alpha value is -1.65. The lowest BCUT2D eigenvalue weighted by molar-refractivity contribution is 0.0904. The van der Waals surface area contributed by atoms with Gasteiger partial charge in [0.1, 0.15) is 5.82 Å². The van der Waals surface area contributed by atoms with E-state index in [1.165, 1.54) is 0 Å². The van der Waals surface area contributed by atoms with Crippen LogP contribution in [0.3, 0.4) is 0 Å². The van der Waals surface area contributed by atoms with Crippen molar-refractivity contribution in [3.63, 3.8) is 0 Å². The van der Waals surface area contributed by atoms with Gasteiger partial charge in [0.25, 0.3) is 5.91 Å². The molecule has 1 saturated carbocycles. The van der Waals surface area contributed by atoms with E-state index in [2.05, 4.69) is 29.4 Å². The van der Waals surface area contributed by atoms with Crippen molar-refractivity contribution in [2.24, 2.45) is 5.41 Å². The second-order valence-corrected chi connectivity index (χ2v) is 5.25. The summed E-state index contributed by atoms with van der Waals surface area (Å²) >= 11 is 0. The number of nitrogens with one attached hydrogen (secondary N) is 1. The van der Waals surface area contributed by atoms with Crippen molar-refractivity contribution >= 4 is 11.7 Å². The molecule has 3 N–H and O–H groups in total. The van der Waals surface area contributed by atoms with Crippen LogP contribution in [0.1, 0.15) is 43.6 Å². The van der Waals surface area contributed by atoms with Gasteiger partial charge in [0.05, 0.1) is 0 Å². The topological polar surface area (TPSA) is 80.9 Å². The van der Waals surface area contributed by atoms with E-state index >= 15 is 0 Å². The van der Waals surface area contributed by atoms with Crippen LogP contribution in [0.4, 0.5) is 5.82 Å². The van der Waals surface area contributed by atoms with Gasteiger partial charge in [-0.1, -0.05) is 20.3 Å². The Balaban J connectivity index is 2.04. The maximum atomic E-state index is 11.9. The van der Waals surface area contributed by atoms with Crippen molar-refractivity contribution in [2.45, 2.75) is 39.2 Å². The smallest absolute Gasteiger partial charge is 0.272 e. The molecule has 0 aromatic carbocycles. The monoisotopic (exact) mass is 234 g/mol. The maximum Gasteiger partial charge on any atom is 0.272 e. The average Bonchev–Trinajstić information content (AvgIpc) is 2.59. The van der Waals surface area contributed by atoms with Gasteiger partial charge < -0.3 is 11.1 Å². The zero-order chi connectivity index (χ0) is 12.5. The molecule has 1 amide bonds. The summed E-state index contributed by atoms with van der Waals surface area (Å²) in [5, 5.41) is 10.5. The van der Waals surface area contributed by atoms with Gasteiger partial charge in [-0.2, -0.15) is 0 Å². The Morgan fingerprint density at radius 1 is 1.47 bits per heavy atom. The second-order valence-electron chi connectivity index (χ2n) is 5.25. The predicted octanol–water partition coefficient (Wildman–Crippen LogP) is 1.37. The van der Waals surface area contributed by atoms with E-state index in [-0.39, 0.29) is 17.4 Å². The molecule has 0 aliphatic heterocycles. The lowest BCUT2D eigenvalue weighted by Crippen LogP contribution is -2.41. The highest BCUT2D eigenvalue weighted by Gasteiger charge is 2.35. The minimum Gasteiger partial charge on any atom is -0.382 e. The summed E-state index contributed by atoms with van der Waals surface area (Å²) in [4.78, 5) is 11.9. The standard InChI is InChI=1S/C12H18N4O/c1-12(2)7-3-4-9(12)14-11(17)8-5-6-10(13)16-15-8/h5-6,9H,3-4,7H2,1-2H3,(H2,13,16)(H,14,17). The minimum absolute atomic E-state index is 0.164. The van der Waals surface area contributed by atoms with E-state index in [1.807, 2.05) is 0 Å². The van der Waals surface area contributed by atoms with Crippen LogP contribution >= 0.6 is 0 Å². The molecule has 1 aromatic heterocycles. The second kappa shape index (κ2) is 4.31. The summed E-state index contributed by atoms with van der Waals surface area (Å²) in [6, 6.07) is 3.40. The van der Waals surface area contributed by atoms with Gasteiger partial charge in [0.15, 0.2) is 5.69 Å². The fourth-order valence-electron chi connectivity index (χ4n) is 2.29. The normalized spacial score (nSPS) is 22.4. The summed E-state index contributed by atoms with van der Waals surface area (Å²) in [7, 11) is 0. The highest BCUT2D eigenvalue weighted by atomic mass is 16.2. The lowest BCUT2D eigenvalue weighted by Gasteiger charge is -2.27. The van der Waals surface area contributed by atoms with E-state index in [1.54, 1.807) is 12.1 Å². The van der Waals surface area contributed by atoms with Crippen LogP contribution in [0.15, 0.2) is 12.1 Å². The number of nitrogen functional groups attached to an aromatic ring is 1. The van der Waals surface area contributed by atoms with Crippen LogP contribution in [0, 0.1) is 5.41 Å². The van der Waals surface area contributed by atoms with Crippen LogP contribution in [0.2, 0.25) is 0 Å². The van der Waals surface area contributed by atoms with Crippen LogP contribution in [0.25, 0.3) is 0 Å². The number of anilines is 1. The SMILES string of the molecule is CC1(C)CCCC1NC(=O)c1ccc(N)nn1. The molecular weight excluding hydrogens is 216 g/mol. The Kier molecular flexibility index (Phi) is 3.00. The van der Waals surface area contributed by atoms with E-state index in [0.29, 0.717) is 11.5 Å². The largest absolute Gasteiger partial charge is 0.382 e. The lowest BCUT2D eigenvalue weighted by atomic mass is 9.87. The number of nitrogens with zero attached hydrogens (tertiary/aromatic N) is 2. The van der Waals surface area contributed by atoms with Crippen molar-refractivity contribution in [1.29, 1.82) is 0 Å². The molecule has 1 aliphatic carbocycles. The number of amides is 1. The highest BCUT2D eigenvalue weighted by Crippen LogP contribution is 2.37. The first-order chi connectivity index (χ1) is 7.99. The first kappa shape index (κ1) is 11.8. The summed E-state index contributed by atoms with van der Waals surface area (Å²) in [6.07, 6.45) is 3.33. The number of hydrogen-bond acceptors (Lipinski definition) is 4. The third-order valence-electron chi connectivity index (χ3n) is 3.48. The van der Waals surface area contributed by atoms with E-state index in [4.69, 9.17) is 5.73 Å². The van der Waals surface area contributed by atoms with Gasteiger partial charge in [-0.25, -0.2) is 0 Å². The molecule has 5 nitrogen and oxygen atoms in total. The van der Waals surface area contributed by atoms with Gasteiger partial charge in [0, 0.05) is 6.04 Å². The van der Waals surface area contributed by atoms with Gasteiger partial charge >= 0.3 is 0 Å². The van der Waals surface area contributed by atoms with E-state index < -0.39 is 0 Å². The molecule has 1 unspecified atom stereocenters. The molecule has 2 rings (SSSR count). The summed E-state index contributed by atoms with van der Waals surface area (Å²) in [5.41, 5.74) is 5.91. The summed E-state index contributed by atoms with van der Waals surface area (Å²) in [5.74, 6) is 0.153. The van der Waals surface area contributed by atoms with Crippen molar-refractivity contribution in [1.82, 2.24) is 15.5 Å². The number of nitrogens with two attached hydrogens (primary N) is 1. The van der Waals surface area contributed by atoms with E-state index in [9.17, 15) is 4.79 Å². The molecule has 1 atom stereocenters. The average molecular weight is 234 g/mol. The van der Waals surface area contributed by atoms with Crippen molar-refractivity contribution < 1.29 is 4.79 Å². The molecular formula is C12H18N4O. The van der Waals surface area contributed by atoms with Gasteiger partial charge in [-0.15, -0.1) is 10.2 Å². The molecule has 5 heteroatoms. The fourth-order valence-corrected chi connectivity index (χ4v) is 2.29. The van der Waals surface area contributed by atoms with Crippen molar-refractivity contribution in [3.8, 4) is 0 Å². The molecule has 0 bridgehead atoms. The molecule has 1 fully saturated rings. The van der Waals surface area contributed by atoms with Gasteiger partial charge in [0.2, 0.25) is 0 Å². The van der Waals surface area contributed by atoms with Crippen molar-refractivity contribution in [3.05, 3.63) is 17.8 Å². The predicted molar refractivity (Wildman–Crippen MR) is 65.3 cm³/mol. The third-order valence-corrected chi connectivity index (χ3v) is 3.48. The van der Waals surface area contributed by atoms with E-state index in [0.717, 1.165) is 19.3 Å². The molecule has 1 aromatic rings. The number of aromatic nitrogens is 2. The van der Waals surface area contributed by atoms with Gasteiger partial charge in [-0.3, -0.25) is 4.79 Å². The zero-order valence-electron chi connectivity index (χ0n) is 10.2. The Bertz CT molecular complexity index is 413. The first-order valence-electron chi connectivity index (χ1n) is 5.89. The number of carbonyl (C=O) groups excluding carboxylic acids is 1. The summed E-state index contributed by atoms with van der Waals surface area (Å²) in [6.45, 7) is 4.36. The fraction of sp³-hybridized carbons (Fsp3) is 0.583. The molecule has 17 heavy (non-hydrogen) atoms. The molecule has 1 aliphatic rings. The molecule has 92 valence electrons. The number of hydrogen-bond donors (Lipinski definition) is 2. The zero-order valence-corrected chi connectivity index (χ0v) is 10.2. The Morgan fingerprint density at radius 2 is 2.24 bits per heavy atom. The highest BCUT2D eigenvalue weighted by molar-refractivity contribution is 5.92. The Labute approximate surface area is 101 Å². The minimum atomic E-state index is -0.169. The van der Waals surface area contributed by atoms with Crippen LogP contribution in [0.5, 0.6) is 0 Å². The quantitative estimate of drug-likeness (QED) is 0.809. The number of carbonyl (C=O) groups is 1.